The zero-order chi connectivity index (χ0) is 19.6. The summed E-state index contributed by atoms with van der Waals surface area (Å²) in [6.45, 7) is 1.45. The first-order valence-electron chi connectivity index (χ1n) is 8.50. The maximum absolute atomic E-state index is 12.5. The maximum atomic E-state index is 12.5. The van der Waals surface area contributed by atoms with Gasteiger partial charge < -0.3 is 24.4 Å². The minimum Gasteiger partial charge on any atom is -0.489 e. The third-order valence-electron chi connectivity index (χ3n) is 3.94. The number of ether oxygens (including phenoxy) is 3. The Morgan fingerprint density at radius 1 is 1.52 bits per heavy atom. The highest BCUT2D eigenvalue weighted by Gasteiger charge is 2.28. The molecule has 10 heteroatoms. The molecule has 2 unspecified atom stereocenters. The third kappa shape index (κ3) is 7.08. The Bertz CT molecular complexity index is 636. The van der Waals surface area contributed by atoms with E-state index in [0.717, 1.165) is 5.75 Å². The smallest absolute Gasteiger partial charge is 0.328 e. The van der Waals surface area contributed by atoms with Crippen LogP contribution in [-0.4, -0.2) is 79.5 Å². The lowest BCUT2D eigenvalue weighted by Gasteiger charge is -2.33. The second-order valence-corrected chi connectivity index (χ2v) is 7.32. The lowest BCUT2D eigenvalue weighted by Crippen LogP contribution is -2.54. The lowest BCUT2D eigenvalue weighted by atomic mass is 10.2. The van der Waals surface area contributed by atoms with Crippen molar-refractivity contribution in [3.63, 3.8) is 0 Å². The van der Waals surface area contributed by atoms with Crippen LogP contribution in [0.15, 0.2) is 18.5 Å². The van der Waals surface area contributed by atoms with Crippen molar-refractivity contribution in [2.75, 3.05) is 45.4 Å². The topological polar surface area (TPSA) is 90.0 Å². The van der Waals surface area contributed by atoms with Crippen LogP contribution >= 0.6 is 23.4 Å². The molecule has 0 saturated carbocycles. The van der Waals surface area contributed by atoms with Crippen molar-refractivity contribution in [2.45, 2.75) is 18.6 Å². The van der Waals surface area contributed by atoms with Gasteiger partial charge in [-0.25, -0.2) is 9.59 Å². The molecule has 1 aliphatic rings. The first-order chi connectivity index (χ1) is 13.0. The van der Waals surface area contributed by atoms with E-state index in [1.807, 2.05) is 6.26 Å². The van der Waals surface area contributed by atoms with Gasteiger partial charge in [-0.2, -0.15) is 11.8 Å². The van der Waals surface area contributed by atoms with Crippen LogP contribution in [0.2, 0.25) is 5.02 Å². The number of carbonyl (C=O) groups is 2. The van der Waals surface area contributed by atoms with Gasteiger partial charge in [-0.3, -0.25) is 4.98 Å². The van der Waals surface area contributed by atoms with E-state index < -0.39 is 12.0 Å². The molecular weight excluding hydrogens is 394 g/mol. The van der Waals surface area contributed by atoms with Crippen LogP contribution in [0, 0.1) is 0 Å². The largest absolute Gasteiger partial charge is 0.489 e. The van der Waals surface area contributed by atoms with Gasteiger partial charge in [0, 0.05) is 18.8 Å². The molecule has 2 rings (SSSR count). The molecule has 2 heterocycles. The summed E-state index contributed by atoms with van der Waals surface area (Å²) in [5.41, 5.74) is 0. The number of halogens is 1. The van der Waals surface area contributed by atoms with Gasteiger partial charge in [0.25, 0.3) is 0 Å². The number of esters is 1. The van der Waals surface area contributed by atoms with Crippen molar-refractivity contribution in [3.05, 3.63) is 23.5 Å². The number of morpholine rings is 1. The minimum atomic E-state index is -0.662. The van der Waals surface area contributed by atoms with Crippen LogP contribution < -0.4 is 10.1 Å². The Morgan fingerprint density at radius 2 is 2.33 bits per heavy atom. The Kier molecular flexibility index (Phi) is 8.96. The SMILES string of the molecule is COC(=O)C(CCSC)NC(=O)N1CCOC(COc2cncc(Cl)c2)C1. The van der Waals surface area contributed by atoms with Gasteiger partial charge in [0.05, 0.1) is 31.5 Å². The van der Waals surface area contributed by atoms with Crippen LogP contribution in [-0.2, 0) is 14.3 Å². The summed E-state index contributed by atoms with van der Waals surface area (Å²) in [6.07, 6.45) is 5.25. The second kappa shape index (κ2) is 11.2. The number of carbonyl (C=O) groups excluding carboxylic acids is 2. The van der Waals surface area contributed by atoms with E-state index in [0.29, 0.717) is 36.9 Å². The fourth-order valence-electron chi connectivity index (χ4n) is 2.53. The summed E-state index contributed by atoms with van der Waals surface area (Å²) in [5.74, 6) is 0.835. The molecule has 1 aromatic rings. The van der Waals surface area contributed by atoms with Gasteiger partial charge in [0.15, 0.2) is 0 Å². The molecule has 1 saturated heterocycles. The predicted molar refractivity (Wildman–Crippen MR) is 103 cm³/mol. The number of aromatic nitrogens is 1. The standard InChI is InChI=1S/C17H24ClN3O5S/c1-24-16(22)15(3-6-27-2)20-17(23)21-4-5-25-14(10-21)11-26-13-7-12(18)8-19-9-13/h7-9,14-15H,3-6,10-11H2,1-2H3,(H,20,23). The highest BCUT2D eigenvalue weighted by molar-refractivity contribution is 7.98. The Hall–Kier alpha value is -1.71. The number of nitrogens with zero attached hydrogens (tertiary/aromatic N) is 2. The Labute approximate surface area is 167 Å². The molecule has 1 aliphatic heterocycles. The lowest BCUT2D eigenvalue weighted by molar-refractivity contribution is -0.143. The average Bonchev–Trinajstić information content (AvgIpc) is 2.69. The van der Waals surface area contributed by atoms with Gasteiger partial charge >= 0.3 is 12.0 Å². The molecule has 27 heavy (non-hydrogen) atoms. The first kappa shape index (κ1) is 21.6. The molecule has 0 aliphatic carbocycles. The quantitative estimate of drug-likeness (QED) is 0.645. The van der Waals surface area contributed by atoms with Crippen LogP contribution in [0.5, 0.6) is 5.75 Å². The van der Waals surface area contributed by atoms with Gasteiger partial charge in [-0.15, -0.1) is 0 Å². The van der Waals surface area contributed by atoms with Crippen molar-refractivity contribution >= 4 is 35.4 Å². The molecule has 0 bridgehead atoms. The average molecular weight is 418 g/mol. The van der Waals surface area contributed by atoms with Crippen LogP contribution in [0.4, 0.5) is 4.79 Å². The molecule has 0 radical (unpaired) electrons. The van der Waals surface area contributed by atoms with Crippen molar-refractivity contribution < 1.29 is 23.8 Å². The number of methoxy groups -OCH3 is 1. The number of hydrogen-bond donors (Lipinski definition) is 1. The van der Waals surface area contributed by atoms with Crippen LogP contribution in [0.3, 0.4) is 0 Å². The summed E-state index contributed by atoms with van der Waals surface area (Å²) >= 11 is 7.48. The molecule has 1 aromatic heterocycles. The monoisotopic (exact) mass is 417 g/mol. The van der Waals surface area contributed by atoms with Gasteiger partial charge in [0.1, 0.15) is 24.5 Å². The number of thioether (sulfide) groups is 1. The summed E-state index contributed by atoms with van der Waals surface area (Å²) in [4.78, 5) is 30.0. The van der Waals surface area contributed by atoms with E-state index in [2.05, 4.69) is 10.3 Å². The summed E-state index contributed by atoms with van der Waals surface area (Å²) in [7, 11) is 1.31. The fourth-order valence-corrected chi connectivity index (χ4v) is 3.17. The molecule has 2 atom stereocenters. The number of amides is 2. The Morgan fingerprint density at radius 3 is 3.04 bits per heavy atom. The summed E-state index contributed by atoms with van der Waals surface area (Å²) in [6, 6.07) is 0.684. The molecule has 2 amide bonds. The molecule has 0 spiro atoms. The van der Waals surface area contributed by atoms with Crippen LogP contribution in [0.25, 0.3) is 0 Å². The van der Waals surface area contributed by atoms with Crippen LogP contribution in [0.1, 0.15) is 6.42 Å². The second-order valence-electron chi connectivity index (χ2n) is 5.90. The van der Waals surface area contributed by atoms with E-state index in [4.69, 9.17) is 25.8 Å². The first-order valence-corrected chi connectivity index (χ1v) is 10.3. The number of hydrogen-bond acceptors (Lipinski definition) is 7. The third-order valence-corrected chi connectivity index (χ3v) is 4.79. The number of nitrogens with one attached hydrogen (secondary N) is 1. The van der Waals surface area contributed by atoms with Crippen molar-refractivity contribution in [2.24, 2.45) is 0 Å². The number of rotatable bonds is 8. The molecule has 1 fully saturated rings. The fraction of sp³-hybridized carbons (Fsp3) is 0.588. The van der Waals surface area contributed by atoms with Gasteiger partial charge in [-0.1, -0.05) is 11.6 Å². The van der Waals surface area contributed by atoms with Crippen molar-refractivity contribution in [1.82, 2.24) is 15.2 Å². The van der Waals surface area contributed by atoms with Crippen molar-refractivity contribution in [3.8, 4) is 5.75 Å². The molecule has 0 aromatic carbocycles. The zero-order valence-electron chi connectivity index (χ0n) is 15.4. The minimum absolute atomic E-state index is 0.263. The highest BCUT2D eigenvalue weighted by Crippen LogP contribution is 2.16. The normalized spacial score (nSPS) is 17.9. The molecule has 8 nitrogen and oxygen atoms in total. The summed E-state index contributed by atoms with van der Waals surface area (Å²) < 4.78 is 16.1. The number of urea groups is 1. The van der Waals surface area contributed by atoms with Crippen molar-refractivity contribution in [1.29, 1.82) is 0 Å². The number of pyridine rings is 1. The molecule has 150 valence electrons. The van der Waals surface area contributed by atoms with E-state index in [-0.39, 0.29) is 18.7 Å². The Balaban J connectivity index is 1.86. The van der Waals surface area contributed by atoms with Gasteiger partial charge in [0.2, 0.25) is 0 Å². The summed E-state index contributed by atoms with van der Waals surface area (Å²) in [5, 5.41) is 3.23. The highest BCUT2D eigenvalue weighted by atomic mass is 35.5. The molecule has 1 N–H and O–H groups in total. The van der Waals surface area contributed by atoms with E-state index in [1.54, 1.807) is 28.9 Å². The van der Waals surface area contributed by atoms with Gasteiger partial charge in [-0.05, 0) is 18.4 Å². The molecular formula is C17H24ClN3O5S. The van der Waals surface area contributed by atoms with E-state index >= 15 is 0 Å². The zero-order valence-corrected chi connectivity index (χ0v) is 16.9. The van der Waals surface area contributed by atoms with E-state index in [1.165, 1.54) is 13.3 Å². The van der Waals surface area contributed by atoms with E-state index in [9.17, 15) is 9.59 Å². The predicted octanol–water partition coefficient (Wildman–Crippen LogP) is 1.82. The maximum Gasteiger partial charge on any atom is 0.328 e.